The molecule has 0 aromatic rings. The van der Waals surface area contributed by atoms with Crippen LogP contribution < -0.4 is 5.32 Å². The van der Waals surface area contributed by atoms with Gasteiger partial charge in [0.05, 0.1) is 6.04 Å². The summed E-state index contributed by atoms with van der Waals surface area (Å²) in [5, 5.41) is 4.48. The molecule has 17 heavy (non-hydrogen) atoms. The van der Waals surface area contributed by atoms with E-state index in [-0.39, 0.29) is 6.04 Å². The maximum Gasteiger partial charge on any atom is 0.157 e. The van der Waals surface area contributed by atoms with Gasteiger partial charge >= 0.3 is 0 Å². The molecule has 1 aliphatic carbocycles. The van der Waals surface area contributed by atoms with Crippen LogP contribution in [0.4, 0.5) is 0 Å². The smallest absolute Gasteiger partial charge is 0.157 e. The molecule has 0 bridgehead atoms. The molecule has 1 N–H and O–H groups in total. The fourth-order valence-electron chi connectivity index (χ4n) is 2.61. The van der Waals surface area contributed by atoms with Crippen molar-refractivity contribution < 1.29 is 4.21 Å². The van der Waals surface area contributed by atoms with Gasteiger partial charge in [-0.3, -0.25) is 9.20 Å². The van der Waals surface area contributed by atoms with Crippen molar-refractivity contribution in [2.75, 3.05) is 17.8 Å². The van der Waals surface area contributed by atoms with Crippen LogP contribution >= 0.6 is 11.8 Å². The zero-order chi connectivity index (χ0) is 12.3. The van der Waals surface area contributed by atoms with Gasteiger partial charge in [-0.2, -0.15) is 0 Å². The van der Waals surface area contributed by atoms with Crippen molar-refractivity contribution in [2.45, 2.75) is 44.7 Å². The van der Waals surface area contributed by atoms with Crippen LogP contribution in [0.15, 0.2) is 4.99 Å². The Kier molecular flexibility index (Phi) is 4.91. The predicted octanol–water partition coefficient (Wildman–Crippen LogP) is 2.00. The minimum absolute atomic E-state index is 0.257. The van der Waals surface area contributed by atoms with Crippen LogP contribution in [-0.4, -0.2) is 39.2 Å². The van der Waals surface area contributed by atoms with Gasteiger partial charge in [-0.1, -0.05) is 24.6 Å². The summed E-state index contributed by atoms with van der Waals surface area (Å²) in [5.74, 6) is 2.71. The third kappa shape index (κ3) is 3.98. The zero-order valence-electron chi connectivity index (χ0n) is 10.6. The Labute approximate surface area is 111 Å². The van der Waals surface area contributed by atoms with Gasteiger partial charge in [-0.25, -0.2) is 0 Å². The van der Waals surface area contributed by atoms with E-state index in [9.17, 15) is 4.21 Å². The molecule has 1 saturated carbocycles. The first-order valence-corrected chi connectivity index (χ1v) is 9.13. The van der Waals surface area contributed by atoms with Gasteiger partial charge in [-0.15, -0.1) is 0 Å². The first-order valence-electron chi connectivity index (χ1n) is 6.42. The molecule has 5 heteroatoms. The standard InChI is InChI=1S/C12H22N2OS2/c1-9(8-17(2)15)13-12-14-11-6-4-3-5-10(11)7-16-12/h9-11H,3-8H2,1-2H3,(H,13,14). The normalized spacial score (nSPS) is 32.2. The van der Waals surface area contributed by atoms with E-state index in [0.29, 0.717) is 11.8 Å². The van der Waals surface area contributed by atoms with Gasteiger partial charge in [0, 0.05) is 34.6 Å². The van der Waals surface area contributed by atoms with Crippen LogP contribution in [0.2, 0.25) is 0 Å². The number of aliphatic imine (C=N–C) groups is 1. The second-order valence-electron chi connectivity index (χ2n) is 5.14. The van der Waals surface area contributed by atoms with E-state index in [2.05, 4.69) is 12.2 Å². The summed E-state index contributed by atoms with van der Waals surface area (Å²) < 4.78 is 11.1. The van der Waals surface area contributed by atoms with E-state index in [1.807, 2.05) is 11.8 Å². The van der Waals surface area contributed by atoms with Crippen molar-refractivity contribution >= 4 is 27.7 Å². The summed E-state index contributed by atoms with van der Waals surface area (Å²) >= 11 is 1.84. The summed E-state index contributed by atoms with van der Waals surface area (Å²) in [6.45, 7) is 2.08. The highest BCUT2D eigenvalue weighted by atomic mass is 32.2. The molecular weight excluding hydrogens is 252 g/mol. The summed E-state index contributed by atoms with van der Waals surface area (Å²) in [4.78, 5) is 4.82. The lowest BCUT2D eigenvalue weighted by molar-refractivity contribution is 0.335. The molecule has 1 heterocycles. The molecule has 0 radical (unpaired) electrons. The average Bonchev–Trinajstić information content (AvgIpc) is 2.27. The molecule has 2 rings (SSSR count). The largest absolute Gasteiger partial charge is 0.362 e. The first kappa shape index (κ1) is 13.4. The molecule has 4 atom stereocenters. The van der Waals surface area contributed by atoms with E-state index in [1.54, 1.807) is 6.26 Å². The summed E-state index contributed by atoms with van der Waals surface area (Å²) in [5.41, 5.74) is 0. The Balaban J connectivity index is 1.89. The van der Waals surface area contributed by atoms with Gasteiger partial charge in [0.15, 0.2) is 5.17 Å². The molecule has 4 unspecified atom stereocenters. The van der Waals surface area contributed by atoms with E-state index in [4.69, 9.17) is 4.99 Å². The third-order valence-electron chi connectivity index (χ3n) is 3.44. The molecule has 0 spiro atoms. The molecule has 1 fully saturated rings. The van der Waals surface area contributed by atoms with Crippen LogP contribution in [0.3, 0.4) is 0 Å². The lowest BCUT2D eigenvalue weighted by Crippen LogP contribution is -2.39. The van der Waals surface area contributed by atoms with Crippen molar-refractivity contribution in [3.05, 3.63) is 0 Å². The third-order valence-corrected chi connectivity index (χ3v) is 5.50. The monoisotopic (exact) mass is 274 g/mol. The van der Waals surface area contributed by atoms with Gasteiger partial charge in [0.1, 0.15) is 0 Å². The van der Waals surface area contributed by atoms with Crippen molar-refractivity contribution in [2.24, 2.45) is 10.9 Å². The fourth-order valence-corrected chi connectivity index (χ4v) is 4.65. The maximum atomic E-state index is 11.1. The van der Waals surface area contributed by atoms with E-state index >= 15 is 0 Å². The number of hydrogen-bond acceptors (Lipinski definition) is 4. The minimum atomic E-state index is -0.735. The van der Waals surface area contributed by atoms with Crippen LogP contribution in [0.25, 0.3) is 0 Å². The first-order chi connectivity index (χ1) is 8.15. The second kappa shape index (κ2) is 6.23. The van der Waals surface area contributed by atoms with Crippen molar-refractivity contribution in [3.8, 4) is 0 Å². The summed E-state index contributed by atoms with van der Waals surface area (Å²) in [6.07, 6.45) is 7.07. The van der Waals surface area contributed by atoms with Gasteiger partial charge < -0.3 is 5.32 Å². The molecule has 3 nitrogen and oxygen atoms in total. The van der Waals surface area contributed by atoms with Crippen LogP contribution in [-0.2, 0) is 10.8 Å². The Morgan fingerprint density at radius 2 is 2.29 bits per heavy atom. The molecule has 0 aromatic carbocycles. The number of rotatable bonds is 3. The molecule has 0 amide bonds. The quantitative estimate of drug-likeness (QED) is 0.856. The number of amidine groups is 1. The van der Waals surface area contributed by atoms with Crippen molar-refractivity contribution in [3.63, 3.8) is 0 Å². The SMILES string of the molecule is CC(CS(C)=O)NC1=NC2CCCCC2CS1. The number of hydrogen-bond donors (Lipinski definition) is 1. The molecule has 98 valence electrons. The molecule has 0 saturated heterocycles. The Morgan fingerprint density at radius 1 is 1.53 bits per heavy atom. The van der Waals surface area contributed by atoms with Crippen LogP contribution in [0.5, 0.6) is 0 Å². The number of nitrogens with zero attached hydrogens (tertiary/aromatic N) is 1. The molecule has 0 aromatic heterocycles. The number of nitrogens with one attached hydrogen (secondary N) is 1. The zero-order valence-corrected chi connectivity index (χ0v) is 12.3. The highest BCUT2D eigenvalue weighted by Crippen LogP contribution is 2.33. The van der Waals surface area contributed by atoms with E-state index < -0.39 is 10.8 Å². The lowest BCUT2D eigenvalue weighted by Gasteiger charge is -2.33. The Bertz CT molecular complexity index is 320. The van der Waals surface area contributed by atoms with E-state index in [0.717, 1.165) is 11.1 Å². The predicted molar refractivity (Wildman–Crippen MR) is 77.2 cm³/mol. The van der Waals surface area contributed by atoms with E-state index in [1.165, 1.54) is 31.4 Å². The topological polar surface area (TPSA) is 41.5 Å². The molecular formula is C12H22N2OS2. The number of fused-ring (bicyclic) bond motifs is 1. The molecule has 1 aliphatic heterocycles. The highest BCUT2D eigenvalue weighted by Gasteiger charge is 2.29. The van der Waals surface area contributed by atoms with Crippen molar-refractivity contribution in [1.82, 2.24) is 5.32 Å². The average molecular weight is 274 g/mol. The van der Waals surface area contributed by atoms with Gasteiger partial charge in [-0.05, 0) is 25.7 Å². The van der Waals surface area contributed by atoms with Gasteiger partial charge in [0.2, 0.25) is 0 Å². The summed E-state index contributed by atoms with van der Waals surface area (Å²) in [6, 6.07) is 0.805. The fraction of sp³-hybridized carbons (Fsp3) is 0.917. The minimum Gasteiger partial charge on any atom is -0.362 e. The van der Waals surface area contributed by atoms with Crippen LogP contribution in [0, 0.1) is 5.92 Å². The van der Waals surface area contributed by atoms with Crippen LogP contribution in [0.1, 0.15) is 32.6 Å². The number of thioether (sulfide) groups is 1. The van der Waals surface area contributed by atoms with Crippen molar-refractivity contribution in [1.29, 1.82) is 0 Å². The maximum absolute atomic E-state index is 11.1. The Hall–Kier alpha value is -0.0300. The Morgan fingerprint density at radius 3 is 3.06 bits per heavy atom. The lowest BCUT2D eigenvalue weighted by atomic mass is 9.86. The summed E-state index contributed by atoms with van der Waals surface area (Å²) in [7, 11) is -0.735. The van der Waals surface area contributed by atoms with Gasteiger partial charge in [0.25, 0.3) is 0 Å². The molecule has 2 aliphatic rings. The highest BCUT2D eigenvalue weighted by molar-refractivity contribution is 8.13. The second-order valence-corrected chi connectivity index (χ2v) is 7.63.